The number of imidazole rings is 2. The number of benzene rings is 1. The lowest BCUT2D eigenvalue weighted by molar-refractivity contribution is -0.124. The first kappa shape index (κ1) is 15.8. The first-order valence-corrected chi connectivity index (χ1v) is 8.52. The quantitative estimate of drug-likeness (QED) is 0.754. The fourth-order valence-electron chi connectivity index (χ4n) is 3.48. The van der Waals surface area contributed by atoms with Crippen molar-refractivity contribution >= 4 is 16.9 Å². The molecule has 1 fully saturated rings. The molecule has 1 saturated heterocycles. The van der Waals surface area contributed by atoms with Crippen LogP contribution in [-0.2, 0) is 25.4 Å². The first-order chi connectivity index (χ1) is 12.1. The van der Waals surface area contributed by atoms with Crippen LogP contribution in [0, 0.1) is 0 Å². The molecule has 1 amide bonds. The van der Waals surface area contributed by atoms with Crippen molar-refractivity contribution in [1.82, 2.24) is 29.7 Å². The van der Waals surface area contributed by atoms with Crippen molar-refractivity contribution in [3.8, 4) is 0 Å². The molecule has 2 aromatic heterocycles. The van der Waals surface area contributed by atoms with Crippen LogP contribution in [0.2, 0.25) is 0 Å². The minimum Gasteiger partial charge on any atom is -0.345 e. The molecule has 0 bridgehead atoms. The summed E-state index contributed by atoms with van der Waals surface area (Å²) in [7, 11) is 3.95. The van der Waals surface area contributed by atoms with E-state index >= 15 is 0 Å². The Morgan fingerprint density at radius 1 is 1.28 bits per heavy atom. The molecule has 25 heavy (non-hydrogen) atoms. The van der Waals surface area contributed by atoms with Crippen molar-refractivity contribution in [1.29, 1.82) is 0 Å². The van der Waals surface area contributed by atoms with Crippen molar-refractivity contribution in [2.24, 2.45) is 14.1 Å². The summed E-state index contributed by atoms with van der Waals surface area (Å²) in [6.45, 7) is 0.730. The fraction of sp³-hybridized carbons (Fsp3) is 0.389. The monoisotopic (exact) mass is 338 g/mol. The van der Waals surface area contributed by atoms with E-state index in [1.54, 1.807) is 6.20 Å². The highest BCUT2D eigenvalue weighted by Crippen LogP contribution is 2.23. The summed E-state index contributed by atoms with van der Waals surface area (Å²) in [5, 5.41) is 6.67. The van der Waals surface area contributed by atoms with Crippen LogP contribution in [0.25, 0.3) is 11.0 Å². The zero-order valence-corrected chi connectivity index (χ0v) is 14.4. The molecule has 7 nitrogen and oxygen atoms in total. The van der Waals surface area contributed by atoms with E-state index in [0.29, 0.717) is 6.42 Å². The van der Waals surface area contributed by atoms with Gasteiger partial charge in [-0.1, -0.05) is 6.07 Å². The third-order valence-electron chi connectivity index (χ3n) is 4.90. The highest BCUT2D eigenvalue weighted by Gasteiger charge is 2.31. The predicted molar refractivity (Wildman–Crippen MR) is 94.7 cm³/mol. The van der Waals surface area contributed by atoms with E-state index in [0.717, 1.165) is 29.8 Å². The zero-order valence-electron chi connectivity index (χ0n) is 14.4. The van der Waals surface area contributed by atoms with Crippen LogP contribution in [-0.4, -0.2) is 31.1 Å². The predicted octanol–water partition coefficient (Wildman–Crippen LogP) is 1.42. The van der Waals surface area contributed by atoms with Crippen LogP contribution in [0.3, 0.4) is 0 Å². The topological polar surface area (TPSA) is 76.8 Å². The molecule has 0 aliphatic carbocycles. The lowest BCUT2D eigenvalue weighted by atomic mass is 9.96. The van der Waals surface area contributed by atoms with Gasteiger partial charge in [-0.05, 0) is 24.1 Å². The lowest BCUT2D eigenvalue weighted by Crippen LogP contribution is -2.49. The van der Waals surface area contributed by atoms with Gasteiger partial charge in [0.2, 0.25) is 5.91 Å². The van der Waals surface area contributed by atoms with Crippen molar-refractivity contribution in [3.63, 3.8) is 0 Å². The average molecular weight is 338 g/mol. The molecule has 3 aromatic rings. The molecule has 1 aromatic carbocycles. The number of aryl methyl sites for hydroxylation is 2. The summed E-state index contributed by atoms with van der Waals surface area (Å²) < 4.78 is 3.98. The van der Waals surface area contributed by atoms with Crippen molar-refractivity contribution in [2.45, 2.75) is 31.5 Å². The maximum atomic E-state index is 11.9. The Labute approximate surface area is 146 Å². The number of rotatable bonds is 4. The Morgan fingerprint density at radius 2 is 2.16 bits per heavy atom. The lowest BCUT2D eigenvalue weighted by Gasteiger charge is -2.32. The fourth-order valence-corrected chi connectivity index (χ4v) is 3.48. The van der Waals surface area contributed by atoms with E-state index < -0.39 is 0 Å². The number of nitrogens with one attached hydrogen (secondary N) is 2. The van der Waals surface area contributed by atoms with Gasteiger partial charge < -0.3 is 19.8 Å². The second-order valence-corrected chi connectivity index (χ2v) is 6.65. The first-order valence-electron chi connectivity index (χ1n) is 8.52. The van der Waals surface area contributed by atoms with Crippen molar-refractivity contribution in [2.75, 3.05) is 0 Å². The molecule has 3 heterocycles. The molecule has 2 N–H and O–H groups in total. The molecular weight excluding hydrogens is 316 g/mol. The van der Waals surface area contributed by atoms with Gasteiger partial charge in [0.05, 0.1) is 17.4 Å². The smallest absolute Gasteiger partial charge is 0.220 e. The van der Waals surface area contributed by atoms with Gasteiger partial charge in [-0.15, -0.1) is 0 Å². The third kappa shape index (κ3) is 3.02. The second kappa shape index (κ2) is 6.33. The van der Waals surface area contributed by atoms with Gasteiger partial charge in [0.25, 0.3) is 0 Å². The van der Waals surface area contributed by atoms with E-state index in [1.807, 2.05) is 35.8 Å². The highest BCUT2D eigenvalue weighted by atomic mass is 16.1. The molecule has 0 unspecified atom stereocenters. The van der Waals surface area contributed by atoms with Crippen LogP contribution >= 0.6 is 0 Å². The summed E-state index contributed by atoms with van der Waals surface area (Å²) >= 11 is 0. The van der Waals surface area contributed by atoms with Gasteiger partial charge in [0.1, 0.15) is 11.9 Å². The Bertz CT molecular complexity index is 911. The minimum atomic E-state index is -0.111. The van der Waals surface area contributed by atoms with E-state index in [4.69, 9.17) is 0 Å². The van der Waals surface area contributed by atoms with Gasteiger partial charge >= 0.3 is 0 Å². The summed E-state index contributed by atoms with van der Waals surface area (Å²) in [6, 6.07) is 6.37. The molecule has 0 radical (unpaired) electrons. The molecule has 130 valence electrons. The molecule has 0 saturated carbocycles. The van der Waals surface area contributed by atoms with Crippen LogP contribution in [0.1, 0.15) is 30.3 Å². The van der Waals surface area contributed by atoms with E-state index in [2.05, 4.69) is 38.8 Å². The Hall–Kier alpha value is -2.67. The zero-order chi connectivity index (χ0) is 17.4. The number of hydrogen-bond donors (Lipinski definition) is 2. The summed E-state index contributed by atoms with van der Waals surface area (Å²) in [6.07, 6.45) is 6.84. The van der Waals surface area contributed by atoms with E-state index in [9.17, 15) is 4.79 Å². The molecule has 7 heteroatoms. The summed E-state index contributed by atoms with van der Waals surface area (Å²) in [4.78, 5) is 20.7. The molecule has 2 atom stereocenters. The van der Waals surface area contributed by atoms with Gasteiger partial charge in [-0.3, -0.25) is 4.79 Å². The number of hydrogen-bond acceptors (Lipinski definition) is 4. The normalized spacial score (nSPS) is 20.8. The van der Waals surface area contributed by atoms with Crippen LogP contribution in [0.4, 0.5) is 0 Å². The molecule has 4 rings (SSSR count). The number of aromatic nitrogens is 4. The van der Waals surface area contributed by atoms with Gasteiger partial charge in [0, 0.05) is 45.5 Å². The molecular formula is C18H22N6O. The molecule has 1 aliphatic heterocycles. The highest BCUT2D eigenvalue weighted by molar-refractivity contribution is 5.77. The number of piperidine rings is 1. The van der Waals surface area contributed by atoms with Crippen LogP contribution < -0.4 is 10.6 Å². The Balaban J connectivity index is 1.51. The SMILES string of the molecule is Cn1ccnc1[C@@H]1NC(=O)CC[C@H]1NCc1ccc2c(c1)ncn2C. The van der Waals surface area contributed by atoms with E-state index in [1.165, 1.54) is 5.56 Å². The Kier molecular flexibility index (Phi) is 4.01. The number of nitrogens with zero attached hydrogens (tertiary/aromatic N) is 4. The number of carbonyl (C=O) groups is 1. The molecule has 0 spiro atoms. The summed E-state index contributed by atoms with van der Waals surface area (Å²) in [5.74, 6) is 0.965. The number of fused-ring (bicyclic) bond motifs is 1. The van der Waals surface area contributed by atoms with Gasteiger partial charge in [0.15, 0.2) is 0 Å². The average Bonchev–Trinajstić information content (AvgIpc) is 3.19. The third-order valence-corrected chi connectivity index (χ3v) is 4.90. The number of carbonyl (C=O) groups excluding carboxylic acids is 1. The maximum Gasteiger partial charge on any atom is 0.220 e. The summed E-state index contributed by atoms with van der Waals surface area (Å²) in [5.41, 5.74) is 3.31. The van der Waals surface area contributed by atoms with Gasteiger partial charge in [-0.25, -0.2) is 9.97 Å². The van der Waals surface area contributed by atoms with Crippen LogP contribution in [0.15, 0.2) is 36.9 Å². The number of amides is 1. The largest absolute Gasteiger partial charge is 0.345 e. The maximum absolute atomic E-state index is 11.9. The van der Waals surface area contributed by atoms with Gasteiger partial charge in [-0.2, -0.15) is 0 Å². The molecule has 1 aliphatic rings. The second-order valence-electron chi connectivity index (χ2n) is 6.65. The standard InChI is InChI=1S/C18H22N6O/c1-23-8-7-19-18(23)17-13(4-6-16(25)22-17)20-10-12-3-5-15-14(9-12)21-11-24(15)2/h3,5,7-9,11,13,17,20H,4,6,10H2,1-2H3,(H,22,25)/t13-,17-/m1/s1. The Morgan fingerprint density at radius 3 is 2.96 bits per heavy atom. The van der Waals surface area contributed by atoms with Crippen molar-refractivity contribution < 1.29 is 4.79 Å². The van der Waals surface area contributed by atoms with E-state index in [-0.39, 0.29) is 18.0 Å². The van der Waals surface area contributed by atoms with Crippen LogP contribution in [0.5, 0.6) is 0 Å². The van der Waals surface area contributed by atoms with Crippen molar-refractivity contribution in [3.05, 3.63) is 48.3 Å². The minimum absolute atomic E-state index is 0.0842.